The van der Waals surface area contributed by atoms with Gasteiger partial charge in [-0.15, -0.1) is 0 Å². The Hall–Kier alpha value is -1.59. The minimum absolute atomic E-state index is 0.666. The van der Waals surface area contributed by atoms with Crippen LogP contribution in [0.1, 0.15) is 25.0 Å². The Bertz CT molecular complexity index is 386. The van der Waals surface area contributed by atoms with Crippen LogP contribution in [0.25, 0.3) is 6.08 Å². The molecule has 0 bridgehead atoms. The SMILES string of the molecule is CC(C)CNC/C=C/c1ccccc1C#N. The highest BCUT2D eigenvalue weighted by atomic mass is 14.8. The second-order valence-electron chi connectivity index (χ2n) is 4.15. The summed E-state index contributed by atoms with van der Waals surface area (Å²) in [4.78, 5) is 0. The van der Waals surface area contributed by atoms with E-state index in [1.54, 1.807) is 0 Å². The summed E-state index contributed by atoms with van der Waals surface area (Å²) in [6.45, 7) is 6.23. The monoisotopic (exact) mass is 214 g/mol. The molecule has 0 aromatic heterocycles. The van der Waals surface area contributed by atoms with Gasteiger partial charge in [0.25, 0.3) is 0 Å². The molecule has 0 heterocycles. The first kappa shape index (κ1) is 12.5. The molecular weight excluding hydrogens is 196 g/mol. The standard InChI is InChI=1S/C14H18N2/c1-12(2)11-16-9-5-8-13-6-3-4-7-14(13)10-15/h3-8,12,16H,9,11H2,1-2H3/b8-5+. The predicted octanol–water partition coefficient (Wildman–Crippen LogP) is 2.82. The third-order valence-electron chi connectivity index (χ3n) is 2.19. The Kier molecular flexibility index (Phi) is 5.31. The zero-order valence-electron chi connectivity index (χ0n) is 9.90. The van der Waals surface area contributed by atoms with E-state index in [4.69, 9.17) is 5.26 Å². The van der Waals surface area contributed by atoms with E-state index in [-0.39, 0.29) is 0 Å². The lowest BCUT2D eigenvalue weighted by atomic mass is 10.1. The number of rotatable bonds is 5. The van der Waals surface area contributed by atoms with Crippen LogP contribution in [0.2, 0.25) is 0 Å². The summed E-state index contributed by atoms with van der Waals surface area (Å²) in [5.74, 6) is 0.666. The fourth-order valence-electron chi connectivity index (χ4n) is 1.39. The van der Waals surface area contributed by atoms with Gasteiger partial charge in [-0.1, -0.05) is 44.2 Å². The van der Waals surface area contributed by atoms with Gasteiger partial charge < -0.3 is 5.32 Å². The molecule has 16 heavy (non-hydrogen) atoms. The second-order valence-corrected chi connectivity index (χ2v) is 4.15. The fraction of sp³-hybridized carbons (Fsp3) is 0.357. The lowest BCUT2D eigenvalue weighted by Gasteiger charge is -2.03. The van der Waals surface area contributed by atoms with E-state index in [2.05, 4.69) is 31.3 Å². The Morgan fingerprint density at radius 2 is 2.12 bits per heavy atom. The van der Waals surface area contributed by atoms with Crippen molar-refractivity contribution in [2.24, 2.45) is 5.92 Å². The normalized spacial score (nSPS) is 10.9. The zero-order chi connectivity index (χ0) is 11.8. The molecule has 0 aliphatic heterocycles. The Labute approximate surface area is 97.6 Å². The van der Waals surface area contributed by atoms with Crippen LogP contribution in [0.15, 0.2) is 30.3 Å². The maximum absolute atomic E-state index is 8.89. The molecule has 0 amide bonds. The first-order chi connectivity index (χ1) is 7.74. The molecule has 2 nitrogen and oxygen atoms in total. The van der Waals surface area contributed by atoms with E-state index in [1.807, 2.05) is 30.3 Å². The number of nitrogens with one attached hydrogen (secondary N) is 1. The summed E-state index contributed by atoms with van der Waals surface area (Å²) in [6.07, 6.45) is 4.05. The van der Waals surface area contributed by atoms with Crippen molar-refractivity contribution in [2.75, 3.05) is 13.1 Å². The van der Waals surface area contributed by atoms with E-state index in [9.17, 15) is 0 Å². The summed E-state index contributed by atoms with van der Waals surface area (Å²) in [7, 11) is 0. The van der Waals surface area contributed by atoms with Gasteiger partial charge in [0.15, 0.2) is 0 Å². The Morgan fingerprint density at radius 3 is 2.81 bits per heavy atom. The van der Waals surface area contributed by atoms with Crippen molar-refractivity contribution < 1.29 is 0 Å². The minimum Gasteiger partial charge on any atom is -0.313 e. The van der Waals surface area contributed by atoms with E-state index in [0.717, 1.165) is 24.2 Å². The van der Waals surface area contributed by atoms with Crippen molar-refractivity contribution in [1.29, 1.82) is 5.26 Å². The average Bonchev–Trinajstić information content (AvgIpc) is 2.29. The Morgan fingerprint density at radius 1 is 1.38 bits per heavy atom. The second kappa shape index (κ2) is 6.81. The minimum atomic E-state index is 0.666. The quantitative estimate of drug-likeness (QED) is 0.765. The van der Waals surface area contributed by atoms with E-state index < -0.39 is 0 Å². The van der Waals surface area contributed by atoms with Crippen LogP contribution in [0.5, 0.6) is 0 Å². The van der Waals surface area contributed by atoms with Crippen molar-refractivity contribution in [1.82, 2.24) is 5.32 Å². The van der Waals surface area contributed by atoms with Gasteiger partial charge in [0.05, 0.1) is 11.6 Å². The number of hydrogen-bond acceptors (Lipinski definition) is 2. The van der Waals surface area contributed by atoms with Crippen molar-refractivity contribution in [3.05, 3.63) is 41.5 Å². The van der Waals surface area contributed by atoms with Gasteiger partial charge in [0, 0.05) is 6.54 Å². The molecule has 0 aliphatic carbocycles. The van der Waals surface area contributed by atoms with Gasteiger partial charge in [0.2, 0.25) is 0 Å². The molecule has 2 heteroatoms. The molecule has 0 saturated carbocycles. The Balaban J connectivity index is 2.47. The van der Waals surface area contributed by atoms with Crippen LogP contribution in [0, 0.1) is 17.2 Å². The zero-order valence-corrected chi connectivity index (χ0v) is 9.90. The van der Waals surface area contributed by atoms with Crippen molar-refractivity contribution >= 4 is 6.08 Å². The van der Waals surface area contributed by atoms with Crippen LogP contribution in [0.4, 0.5) is 0 Å². The van der Waals surface area contributed by atoms with Crippen LogP contribution in [0.3, 0.4) is 0 Å². The van der Waals surface area contributed by atoms with Crippen LogP contribution in [-0.4, -0.2) is 13.1 Å². The molecule has 0 unspecified atom stereocenters. The topological polar surface area (TPSA) is 35.8 Å². The molecule has 0 aliphatic rings. The number of nitriles is 1. The number of nitrogens with zero attached hydrogens (tertiary/aromatic N) is 1. The maximum atomic E-state index is 8.89. The molecular formula is C14H18N2. The van der Waals surface area contributed by atoms with Crippen LogP contribution < -0.4 is 5.32 Å². The third kappa shape index (κ3) is 4.29. The first-order valence-corrected chi connectivity index (χ1v) is 5.60. The van der Waals surface area contributed by atoms with Gasteiger partial charge in [0.1, 0.15) is 0 Å². The lowest BCUT2D eigenvalue weighted by Crippen LogP contribution is -2.19. The van der Waals surface area contributed by atoms with Crippen molar-refractivity contribution in [3.63, 3.8) is 0 Å². The van der Waals surface area contributed by atoms with Gasteiger partial charge in [-0.3, -0.25) is 0 Å². The van der Waals surface area contributed by atoms with E-state index in [0.29, 0.717) is 5.92 Å². The molecule has 1 rings (SSSR count). The number of hydrogen-bond donors (Lipinski definition) is 1. The average molecular weight is 214 g/mol. The predicted molar refractivity (Wildman–Crippen MR) is 67.9 cm³/mol. The summed E-state index contributed by atoms with van der Waals surface area (Å²) in [6, 6.07) is 9.80. The van der Waals surface area contributed by atoms with Gasteiger partial charge in [-0.25, -0.2) is 0 Å². The van der Waals surface area contributed by atoms with E-state index in [1.165, 1.54) is 0 Å². The molecule has 0 saturated heterocycles. The molecule has 0 atom stereocenters. The molecule has 0 fully saturated rings. The van der Waals surface area contributed by atoms with Crippen LogP contribution >= 0.6 is 0 Å². The van der Waals surface area contributed by atoms with Gasteiger partial charge >= 0.3 is 0 Å². The summed E-state index contributed by atoms with van der Waals surface area (Å²) < 4.78 is 0. The largest absolute Gasteiger partial charge is 0.313 e. The van der Waals surface area contributed by atoms with Gasteiger partial charge in [-0.2, -0.15) is 5.26 Å². The molecule has 0 radical (unpaired) electrons. The summed E-state index contributed by atoms with van der Waals surface area (Å²) >= 11 is 0. The highest BCUT2D eigenvalue weighted by Gasteiger charge is 1.95. The van der Waals surface area contributed by atoms with Gasteiger partial charge in [-0.05, 0) is 24.1 Å². The summed E-state index contributed by atoms with van der Waals surface area (Å²) in [5.41, 5.74) is 1.71. The first-order valence-electron chi connectivity index (χ1n) is 5.60. The summed E-state index contributed by atoms with van der Waals surface area (Å²) in [5, 5.41) is 12.2. The molecule has 0 spiro atoms. The maximum Gasteiger partial charge on any atom is 0.0997 e. The molecule has 84 valence electrons. The smallest absolute Gasteiger partial charge is 0.0997 e. The molecule has 1 aromatic rings. The van der Waals surface area contributed by atoms with E-state index >= 15 is 0 Å². The highest BCUT2D eigenvalue weighted by molar-refractivity contribution is 5.57. The van der Waals surface area contributed by atoms with Crippen molar-refractivity contribution in [3.8, 4) is 6.07 Å². The number of benzene rings is 1. The lowest BCUT2D eigenvalue weighted by molar-refractivity contribution is 0.577. The third-order valence-corrected chi connectivity index (χ3v) is 2.19. The fourth-order valence-corrected chi connectivity index (χ4v) is 1.39. The highest BCUT2D eigenvalue weighted by Crippen LogP contribution is 2.08. The molecule has 1 N–H and O–H groups in total. The van der Waals surface area contributed by atoms with Crippen LogP contribution in [-0.2, 0) is 0 Å². The van der Waals surface area contributed by atoms with Crippen molar-refractivity contribution in [2.45, 2.75) is 13.8 Å². The molecule has 1 aromatic carbocycles.